The molecule has 0 fully saturated rings. The van der Waals surface area contributed by atoms with E-state index in [0.717, 1.165) is 5.56 Å². The number of esters is 1. The van der Waals surface area contributed by atoms with Crippen LogP contribution in [0.25, 0.3) is 0 Å². The van der Waals surface area contributed by atoms with E-state index in [0.29, 0.717) is 5.56 Å². The number of nitro benzene ring substituents is 1. The van der Waals surface area contributed by atoms with Gasteiger partial charge in [-0.15, -0.1) is 0 Å². The molecule has 0 aromatic heterocycles. The van der Waals surface area contributed by atoms with Gasteiger partial charge < -0.3 is 4.74 Å². The maximum atomic E-state index is 12.6. The van der Waals surface area contributed by atoms with Crippen molar-refractivity contribution in [2.24, 2.45) is 11.8 Å². The molecule has 0 N–H and O–H groups in total. The minimum absolute atomic E-state index is 0.0497. The number of hydrogen-bond donors (Lipinski definition) is 0. The molecule has 0 bridgehead atoms. The van der Waals surface area contributed by atoms with Crippen LogP contribution in [0, 0.1) is 22.0 Å². The Morgan fingerprint density at radius 2 is 1.50 bits per heavy atom. The van der Waals surface area contributed by atoms with E-state index in [1.807, 2.05) is 32.0 Å². The Labute approximate surface area is 154 Å². The topological polar surface area (TPSA) is 69.4 Å². The van der Waals surface area contributed by atoms with Gasteiger partial charge in [-0.05, 0) is 29.5 Å². The van der Waals surface area contributed by atoms with Gasteiger partial charge in [0.05, 0.1) is 10.5 Å². The predicted octanol–water partition coefficient (Wildman–Crippen LogP) is 5.22. The fourth-order valence-corrected chi connectivity index (χ4v) is 3.16. The summed E-state index contributed by atoms with van der Waals surface area (Å²) in [4.78, 5) is 22.9. The maximum Gasteiger partial charge on any atom is 0.338 e. The zero-order chi connectivity index (χ0) is 19.3. The SMILES string of the molecule is CC(C)C(OC(=O)c1ccc([N+](=O)[O-])cc1)C(c1ccccc1)C(C)C. The Kier molecular flexibility index (Phi) is 6.50. The molecule has 0 saturated heterocycles. The Bertz CT molecular complexity index is 738. The van der Waals surface area contributed by atoms with E-state index >= 15 is 0 Å². The zero-order valence-corrected chi connectivity index (χ0v) is 15.6. The molecule has 138 valence electrons. The summed E-state index contributed by atoms with van der Waals surface area (Å²) >= 11 is 0. The highest BCUT2D eigenvalue weighted by Gasteiger charge is 2.32. The lowest BCUT2D eigenvalue weighted by atomic mass is 9.79. The number of nitrogens with zero attached hydrogens (tertiary/aromatic N) is 1. The first-order valence-electron chi connectivity index (χ1n) is 8.81. The van der Waals surface area contributed by atoms with Crippen LogP contribution < -0.4 is 0 Å². The van der Waals surface area contributed by atoms with E-state index < -0.39 is 10.9 Å². The average Bonchev–Trinajstić information content (AvgIpc) is 2.61. The van der Waals surface area contributed by atoms with Gasteiger partial charge in [0.25, 0.3) is 5.69 Å². The smallest absolute Gasteiger partial charge is 0.338 e. The second-order valence-electron chi connectivity index (χ2n) is 7.10. The van der Waals surface area contributed by atoms with Crippen LogP contribution in [0.4, 0.5) is 5.69 Å². The van der Waals surface area contributed by atoms with E-state index in [2.05, 4.69) is 26.0 Å². The molecule has 0 amide bonds. The number of carbonyl (C=O) groups excluding carboxylic acids is 1. The molecule has 2 aromatic carbocycles. The van der Waals surface area contributed by atoms with Gasteiger partial charge in [0.15, 0.2) is 0 Å². The Balaban J connectivity index is 2.26. The summed E-state index contributed by atoms with van der Waals surface area (Å²) in [5.74, 6) is 0.0254. The molecule has 0 aliphatic heterocycles. The highest BCUT2D eigenvalue weighted by atomic mass is 16.6. The largest absolute Gasteiger partial charge is 0.458 e. The third kappa shape index (κ3) is 4.69. The minimum Gasteiger partial charge on any atom is -0.458 e. The summed E-state index contributed by atoms with van der Waals surface area (Å²) in [6.45, 7) is 8.30. The molecule has 0 heterocycles. The quantitative estimate of drug-likeness (QED) is 0.388. The molecule has 0 spiro atoms. The number of rotatable bonds is 7. The van der Waals surface area contributed by atoms with Crippen LogP contribution in [0.15, 0.2) is 54.6 Å². The van der Waals surface area contributed by atoms with E-state index in [1.54, 1.807) is 0 Å². The number of non-ortho nitro benzene ring substituents is 1. The molecule has 2 rings (SSSR count). The molecular formula is C21H25NO4. The highest BCUT2D eigenvalue weighted by Crippen LogP contribution is 2.34. The maximum absolute atomic E-state index is 12.6. The number of nitro groups is 1. The van der Waals surface area contributed by atoms with Crippen LogP contribution in [-0.4, -0.2) is 17.0 Å². The van der Waals surface area contributed by atoms with Gasteiger partial charge in [-0.25, -0.2) is 4.79 Å². The fraction of sp³-hybridized carbons (Fsp3) is 0.381. The summed E-state index contributed by atoms with van der Waals surface area (Å²) < 4.78 is 5.87. The third-order valence-corrected chi connectivity index (χ3v) is 4.47. The molecule has 2 aromatic rings. The molecule has 0 saturated carbocycles. The second kappa shape index (κ2) is 8.61. The van der Waals surface area contributed by atoms with Crippen LogP contribution in [0.1, 0.15) is 49.5 Å². The predicted molar refractivity (Wildman–Crippen MR) is 101 cm³/mol. The Morgan fingerprint density at radius 3 is 1.96 bits per heavy atom. The fourth-order valence-electron chi connectivity index (χ4n) is 3.16. The first-order valence-corrected chi connectivity index (χ1v) is 8.81. The molecule has 5 nitrogen and oxygen atoms in total. The Morgan fingerprint density at radius 1 is 0.923 bits per heavy atom. The molecule has 0 aliphatic rings. The summed E-state index contributed by atoms with van der Waals surface area (Å²) in [6, 6.07) is 15.6. The number of ether oxygens (including phenoxy) is 1. The normalized spacial score (nSPS) is 13.5. The van der Waals surface area contributed by atoms with Gasteiger partial charge in [-0.1, -0.05) is 58.0 Å². The van der Waals surface area contributed by atoms with Crippen molar-refractivity contribution in [2.75, 3.05) is 0 Å². The van der Waals surface area contributed by atoms with E-state index in [1.165, 1.54) is 24.3 Å². The van der Waals surface area contributed by atoms with Crippen LogP contribution in [0.5, 0.6) is 0 Å². The molecule has 2 unspecified atom stereocenters. The van der Waals surface area contributed by atoms with Gasteiger partial charge in [0.1, 0.15) is 6.10 Å². The van der Waals surface area contributed by atoms with E-state index in [-0.39, 0.29) is 29.5 Å². The van der Waals surface area contributed by atoms with Crippen molar-refractivity contribution in [3.8, 4) is 0 Å². The summed E-state index contributed by atoms with van der Waals surface area (Å²) in [5, 5.41) is 10.8. The van der Waals surface area contributed by atoms with Gasteiger partial charge in [0, 0.05) is 18.1 Å². The minimum atomic E-state index is -0.490. The molecule has 0 radical (unpaired) electrons. The van der Waals surface area contributed by atoms with Crippen molar-refractivity contribution >= 4 is 11.7 Å². The van der Waals surface area contributed by atoms with Gasteiger partial charge in [-0.2, -0.15) is 0 Å². The third-order valence-electron chi connectivity index (χ3n) is 4.47. The highest BCUT2D eigenvalue weighted by molar-refractivity contribution is 5.89. The lowest BCUT2D eigenvalue weighted by Crippen LogP contribution is -2.33. The lowest BCUT2D eigenvalue weighted by Gasteiger charge is -2.33. The monoisotopic (exact) mass is 355 g/mol. The molecule has 26 heavy (non-hydrogen) atoms. The molecule has 0 aliphatic carbocycles. The van der Waals surface area contributed by atoms with Crippen molar-refractivity contribution in [1.82, 2.24) is 0 Å². The van der Waals surface area contributed by atoms with Gasteiger partial charge in [-0.3, -0.25) is 10.1 Å². The van der Waals surface area contributed by atoms with Crippen LogP contribution >= 0.6 is 0 Å². The molecule has 5 heteroatoms. The lowest BCUT2D eigenvalue weighted by molar-refractivity contribution is -0.384. The number of carbonyl (C=O) groups is 1. The Hall–Kier alpha value is -2.69. The van der Waals surface area contributed by atoms with Crippen molar-refractivity contribution in [3.05, 3.63) is 75.8 Å². The van der Waals surface area contributed by atoms with E-state index in [4.69, 9.17) is 4.74 Å². The van der Waals surface area contributed by atoms with Crippen LogP contribution in [0.3, 0.4) is 0 Å². The van der Waals surface area contributed by atoms with Crippen LogP contribution in [0.2, 0.25) is 0 Å². The first kappa shape index (κ1) is 19.6. The number of hydrogen-bond acceptors (Lipinski definition) is 4. The van der Waals surface area contributed by atoms with Crippen LogP contribution in [-0.2, 0) is 4.74 Å². The van der Waals surface area contributed by atoms with Gasteiger partial charge in [0.2, 0.25) is 0 Å². The molecular weight excluding hydrogens is 330 g/mol. The zero-order valence-electron chi connectivity index (χ0n) is 15.6. The average molecular weight is 355 g/mol. The first-order chi connectivity index (χ1) is 12.3. The summed E-state index contributed by atoms with van der Waals surface area (Å²) in [7, 11) is 0. The standard InChI is InChI=1S/C21H25NO4/c1-14(2)19(16-8-6-5-7-9-16)20(15(3)4)26-21(23)17-10-12-18(13-11-17)22(24)25/h5-15,19-20H,1-4H3. The van der Waals surface area contributed by atoms with Gasteiger partial charge >= 0.3 is 5.97 Å². The number of benzene rings is 2. The van der Waals surface area contributed by atoms with E-state index in [9.17, 15) is 14.9 Å². The van der Waals surface area contributed by atoms with Crippen molar-refractivity contribution in [2.45, 2.75) is 39.7 Å². The van der Waals surface area contributed by atoms with Crippen molar-refractivity contribution in [1.29, 1.82) is 0 Å². The summed E-state index contributed by atoms with van der Waals surface area (Å²) in [6.07, 6.45) is -0.292. The molecule has 2 atom stereocenters. The van der Waals surface area contributed by atoms with Crippen molar-refractivity contribution < 1.29 is 14.5 Å². The van der Waals surface area contributed by atoms with Crippen molar-refractivity contribution in [3.63, 3.8) is 0 Å². The second-order valence-corrected chi connectivity index (χ2v) is 7.10. The summed E-state index contributed by atoms with van der Waals surface area (Å²) in [5.41, 5.74) is 1.40.